The Labute approximate surface area is 134 Å². The Balaban J connectivity index is 2.18. The molecule has 0 spiro atoms. The van der Waals surface area contributed by atoms with Crippen LogP contribution in [0.1, 0.15) is 51.1 Å². The van der Waals surface area contributed by atoms with Crippen LogP contribution in [0.2, 0.25) is 0 Å². The summed E-state index contributed by atoms with van der Waals surface area (Å²) in [6, 6.07) is 10.3. The van der Waals surface area contributed by atoms with Gasteiger partial charge in [0.1, 0.15) is 0 Å². The first kappa shape index (κ1) is 18.3. The molecule has 0 aliphatic heterocycles. The lowest BCUT2D eigenvalue weighted by Gasteiger charge is -2.17. The maximum atomic E-state index is 10.3. The first-order valence-electron chi connectivity index (χ1n) is 7.95. The topological polar surface area (TPSA) is 55.4 Å². The van der Waals surface area contributed by atoms with Gasteiger partial charge in [-0.2, -0.15) is 4.91 Å². The number of nitroso groups, excluding NO2 is 1. The van der Waals surface area contributed by atoms with E-state index in [1.165, 1.54) is 5.56 Å². The lowest BCUT2D eigenvalue weighted by atomic mass is 9.89. The van der Waals surface area contributed by atoms with Crippen molar-refractivity contribution < 1.29 is 0 Å². The van der Waals surface area contributed by atoms with E-state index in [1.807, 2.05) is 18.2 Å². The van der Waals surface area contributed by atoms with Crippen LogP contribution in [0, 0.1) is 10.3 Å². The number of unbranched alkanes of at least 4 members (excludes halogenated alkanes) is 1. The van der Waals surface area contributed by atoms with Crippen molar-refractivity contribution in [2.45, 2.75) is 45.6 Å². The van der Waals surface area contributed by atoms with Crippen molar-refractivity contribution in [1.29, 1.82) is 0 Å². The summed E-state index contributed by atoms with van der Waals surface area (Å²) in [5, 5.41) is 2.98. The van der Waals surface area contributed by atoms with Crippen molar-refractivity contribution in [1.82, 2.24) is 0 Å². The number of rotatable bonds is 10. The van der Waals surface area contributed by atoms with Crippen LogP contribution in [-0.4, -0.2) is 6.54 Å². The SMILES string of the molecule is CC(C)(CC=CCCC=CCC(N)c1ccccc1)CN=O. The Morgan fingerprint density at radius 1 is 1.09 bits per heavy atom. The molecule has 22 heavy (non-hydrogen) atoms. The summed E-state index contributed by atoms with van der Waals surface area (Å²) in [6.45, 7) is 4.49. The zero-order valence-electron chi connectivity index (χ0n) is 13.7. The number of nitrogens with two attached hydrogens (primary N) is 1. The highest BCUT2D eigenvalue weighted by molar-refractivity contribution is 5.19. The minimum Gasteiger partial charge on any atom is -0.324 e. The van der Waals surface area contributed by atoms with Gasteiger partial charge in [0.15, 0.2) is 0 Å². The molecule has 1 atom stereocenters. The lowest BCUT2D eigenvalue weighted by molar-refractivity contribution is 0.384. The van der Waals surface area contributed by atoms with Crippen molar-refractivity contribution in [2.24, 2.45) is 16.3 Å². The van der Waals surface area contributed by atoms with Crippen LogP contribution in [0.25, 0.3) is 0 Å². The summed E-state index contributed by atoms with van der Waals surface area (Å²) in [6.07, 6.45) is 12.5. The average molecular weight is 300 g/mol. The molecule has 0 bridgehead atoms. The zero-order chi connectivity index (χ0) is 16.3. The van der Waals surface area contributed by atoms with E-state index in [0.29, 0.717) is 6.54 Å². The van der Waals surface area contributed by atoms with Gasteiger partial charge >= 0.3 is 0 Å². The molecule has 1 rings (SSSR count). The van der Waals surface area contributed by atoms with Gasteiger partial charge in [-0.1, -0.05) is 73.7 Å². The van der Waals surface area contributed by atoms with Gasteiger partial charge in [0.05, 0.1) is 6.54 Å². The van der Waals surface area contributed by atoms with Gasteiger partial charge in [0.2, 0.25) is 0 Å². The second kappa shape index (κ2) is 10.1. The van der Waals surface area contributed by atoms with Gasteiger partial charge in [-0.25, -0.2) is 0 Å². The van der Waals surface area contributed by atoms with E-state index >= 15 is 0 Å². The molecule has 3 heteroatoms. The van der Waals surface area contributed by atoms with E-state index in [4.69, 9.17) is 5.73 Å². The Bertz CT molecular complexity index is 477. The van der Waals surface area contributed by atoms with Gasteiger partial charge in [-0.15, -0.1) is 0 Å². The van der Waals surface area contributed by atoms with Crippen LogP contribution in [0.5, 0.6) is 0 Å². The van der Waals surface area contributed by atoms with Gasteiger partial charge < -0.3 is 5.73 Å². The standard InChI is InChI=1S/C19H28N2O/c1-19(2,16-21-22)15-11-6-4-3-5-10-14-18(20)17-12-8-7-9-13-17/h5-13,18H,3-4,14-16,20H2,1-2H3. The van der Waals surface area contributed by atoms with Gasteiger partial charge in [-0.3, -0.25) is 0 Å². The van der Waals surface area contributed by atoms with E-state index in [9.17, 15) is 4.91 Å². The molecule has 0 aliphatic rings. The highest BCUT2D eigenvalue weighted by Gasteiger charge is 2.15. The Hall–Kier alpha value is -1.74. The molecule has 3 nitrogen and oxygen atoms in total. The first-order chi connectivity index (χ1) is 10.5. The maximum absolute atomic E-state index is 10.3. The molecule has 1 unspecified atom stereocenters. The zero-order valence-corrected chi connectivity index (χ0v) is 13.7. The molecule has 120 valence electrons. The van der Waals surface area contributed by atoms with Crippen LogP contribution >= 0.6 is 0 Å². The fraction of sp³-hybridized carbons (Fsp3) is 0.474. The normalized spacial score (nSPS) is 13.8. The van der Waals surface area contributed by atoms with Crippen LogP contribution in [-0.2, 0) is 0 Å². The summed E-state index contributed by atoms with van der Waals surface area (Å²) in [7, 11) is 0. The maximum Gasteiger partial charge on any atom is 0.0865 e. The van der Waals surface area contributed by atoms with E-state index < -0.39 is 0 Å². The monoisotopic (exact) mass is 300 g/mol. The predicted octanol–water partition coefficient (Wildman–Crippen LogP) is 5.15. The summed E-state index contributed by atoms with van der Waals surface area (Å²) in [4.78, 5) is 10.3. The highest BCUT2D eigenvalue weighted by atomic mass is 16.3. The second-order valence-electron chi connectivity index (χ2n) is 6.43. The second-order valence-corrected chi connectivity index (χ2v) is 6.43. The van der Waals surface area contributed by atoms with Crippen LogP contribution in [0.3, 0.4) is 0 Å². The fourth-order valence-corrected chi connectivity index (χ4v) is 2.15. The molecule has 1 aromatic carbocycles. The number of nitrogens with zero attached hydrogens (tertiary/aromatic N) is 1. The molecule has 2 N–H and O–H groups in total. The van der Waals surface area contributed by atoms with Crippen LogP contribution in [0.4, 0.5) is 0 Å². The van der Waals surface area contributed by atoms with E-state index in [0.717, 1.165) is 25.7 Å². The lowest BCUT2D eigenvalue weighted by Crippen LogP contribution is -2.13. The Kier molecular flexibility index (Phi) is 8.38. The minimum absolute atomic E-state index is 0.0312. The van der Waals surface area contributed by atoms with Crippen molar-refractivity contribution in [3.63, 3.8) is 0 Å². The third kappa shape index (κ3) is 7.89. The molecule has 0 aromatic heterocycles. The number of hydrogen-bond acceptors (Lipinski definition) is 3. The summed E-state index contributed by atoms with van der Waals surface area (Å²) in [5.74, 6) is 0. The third-order valence-electron chi connectivity index (χ3n) is 3.61. The third-order valence-corrected chi connectivity index (χ3v) is 3.61. The van der Waals surface area contributed by atoms with Crippen molar-refractivity contribution >= 4 is 0 Å². The van der Waals surface area contributed by atoms with Gasteiger partial charge in [0, 0.05) is 6.04 Å². The average Bonchev–Trinajstić information content (AvgIpc) is 2.50. The molecule has 0 aliphatic carbocycles. The summed E-state index contributed by atoms with van der Waals surface area (Å²) >= 11 is 0. The van der Waals surface area contributed by atoms with Crippen molar-refractivity contribution in [3.8, 4) is 0 Å². The molecule has 0 amide bonds. The quantitative estimate of drug-likeness (QED) is 0.369. The molecular weight excluding hydrogens is 272 g/mol. The molecule has 0 saturated heterocycles. The molecule has 1 aromatic rings. The molecule has 0 radical (unpaired) electrons. The molecule has 0 saturated carbocycles. The largest absolute Gasteiger partial charge is 0.324 e. The Morgan fingerprint density at radius 3 is 2.36 bits per heavy atom. The van der Waals surface area contributed by atoms with Gasteiger partial charge in [0.25, 0.3) is 0 Å². The van der Waals surface area contributed by atoms with E-state index in [-0.39, 0.29) is 11.5 Å². The number of benzene rings is 1. The van der Waals surface area contributed by atoms with Crippen LogP contribution < -0.4 is 5.73 Å². The van der Waals surface area contributed by atoms with E-state index in [1.54, 1.807) is 0 Å². The fourth-order valence-electron chi connectivity index (χ4n) is 2.15. The minimum atomic E-state index is -0.0312. The van der Waals surface area contributed by atoms with Crippen molar-refractivity contribution in [2.75, 3.05) is 6.54 Å². The summed E-state index contributed by atoms with van der Waals surface area (Å²) in [5.41, 5.74) is 7.28. The Morgan fingerprint density at radius 2 is 1.73 bits per heavy atom. The summed E-state index contributed by atoms with van der Waals surface area (Å²) < 4.78 is 0. The van der Waals surface area contributed by atoms with Gasteiger partial charge in [-0.05, 0) is 36.7 Å². The molecular formula is C19H28N2O. The molecule has 0 heterocycles. The first-order valence-corrected chi connectivity index (χ1v) is 7.95. The van der Waals surface area contributed by atoms with Crippen molar-refractivity contribution in [3.05, 3.63) is 65.1 Å². The predicted molar refractivity (Wildman–Crippen MR) is 94.6 cm³/mol. The number of hydrogen-bond donors (Lipinski definition) is 1. The van der Waals surface area contributed by atoms with Crippen LogP contribution in [0.15, 0.2) is 59.8 Å². The highest BCUT2D eigenvalue weighted by Crippen LogP contribution is 2.21. The molecule has 0 fully saturated rings. The smallest absolute Gasteiger partial charge is 0.0865 e. The number of allylic oxidation sites excluding steroid dienone is 3. The van der Waals surface area contributed by atoms with E-state index in [2.05, 4.69) is 55.5 Å².